The monoisotopic (exact) mass is 395 g/mol. The maximum atomic E-state index is 12.9. The molecule has 0 unspecified atom stereocenters. The van der Waals surface area contributed by atoms with E-state index < -0.39 is 0 Å². The van der Waals surface area contributed by atoms with E-state index in [4.69, 9.17) is 18.9 Å². The standard InChI is InChI=1S/C23H25NO5/c1-14(2)11-24-12-17-18(28-13-24)8-6-16-22(25)21(29-23(16)17)10-15-5-7-19(26-3)20(9-15)27-4/h5-10,14H,11-13H2,1-4H3/b21-10-. The summed E-state index contributed by atoms with van der Waals surface area (Å²) in [5.41, 5.74) is 2.30. The molecule has 0 radical (unpaired) electrons. The van der Waals surface area contributed by atoms with Gasteiger partial charge in [-0.15, -0.1) is 0 Å². The van der Waals surface area contributed by atoms with Crippen LogP contribution in [0.25, 0.3) is 6.08 Å². The number of rotatable bonds is 5. The third kappa shape index (κ3) is 3.68. The average Bonchev–Trinajstić information content (AvgIpc) is 3.03. The lowest BCUT2D eigenvalue weighted by atomic mass is 10.0. The second-order valence-corrected chi connectivity index (χ2v) is 7.65. The highest BCUT2D eigenvalue weighted by atomic mass is 16.5. The van der Waals surface area contributed by atoms with Crippen LogP contribution < -0.4 is 18.9 Å². The van der Waals surface area contributed by atoms with Gasteiger partial charge in [-0.1, -0.05) is 19.9 Å². The first-order valence-corrected chi connectivity index (χ1v) is 9.67. The molecule has 2 aromatic carbocycles. The van der Waals surface area contributed by atoms with Crippen LogP contribution in [0.2, 0.25) is 0 Å². The predicted octanol–water partition coefficient (Wildman–Crippen LogP) is 4.13. The Morgan fingerprint density at radius 3 is 2.66 bits per heavy atom. The van der Waals surface area contributed by atoms with Gasteiger partial charge in [0.05, 0.1) is 25.3 Å². The molecule has 2 aliphatic heterocycles. The Balaban J connectivity index is 1.65. The lowest BCUT2D eigenvalue weighted by molar-refractivity contribution is 0.0832. The van der Waals surface area contributed by atoms with Gasteiger partial charge in [-0.2, -0.15) is 0 Å². The van der Waals surface area contributed by atoms with Gasteiger partial charge in [0.2, 0.25) is 5.78 Å². The van der Waals surface area contributed by atoms with E-state index in [9.17, 15) is 4.79 Å². The number of carbonyl (C=O) groups excluding carboxylic acids is 1. The number of methoxy groups -OCH3 is 2. The van der Waals surface area contributed by atoms with Crippen LogP contribution >= 0.6 is 0 Å². The number of ether oxygens (including phenoxy) is 4. The van der Waals surface area contributed by atoms with Gasteiger partial charge in [0, 0.05) is 13.1 Å². The molecule has 0 aliphatic carbocycles. The van der Waals surface area contributed by atoms with Crippen molar-refractivity contribution in [2.45, 2.75) is 20.4 Å². The van der Waals surface area contributed by atoms with Crippen LogP contribution in [0.15, 0.2) is 36.1 Å². The summed E-state index contributed by atoms with van der Waals surface area (Å²) in [6.07, 6.45) is 1.73. The van der Waals surface area contributed by atoms with Crippen molar-refractivity contribution in [3.05, 3.63) is 52.8 Å². The van der Waals surface area contributed by atoms with Gasteiger partial charge < -0.3 is 18.9 Å². The van der Waals surface area contributed by atoms with Gasteiger partial charge in [-0.3, -0.25) is 9.69 Å². The van der Waals surface area contributed by atoms with Crippen molar-refractivity contribution >= 4 is 11.9 Å². The fraction of sp³-hybridized carbons (Fsp3) is 0.348. The van der Waals surface area contributed by atoms with E-state index in [1.165, 1.54) is 0 Å². The fourth-order valence-electron chi connectivity index (χ4n) is 3.73. The molecule has 0 atom stereocenters. The summed E-state index contributed by atoms with van der Waals surface area (Å²) in [5, 5.41) is 0. The summed E-state index contributed by atoms with van der Waals surface area (Å²) in [5.74, 6) is 3.31. The Kier molecular flexibility index (Phi) is 5.20. The summed E-state index contributed by atoms with van der Waals surface area (Å²) in [4.78, 5) is 15.1. The number of benzene rings is 2. The maximum absolute atomic E-state index is 12.9. The smallest absolute Gasteiger partial charge is 0.231 e. The fourth-order valence-corrected chi connectivity index (χ4v) is 3.73. The van der Waals surface area contributed by atoms with E-state index in [2.05, 4.69) is 18.7 Å². The van der Waals surface area contributed by atoms with Crippen molar-refractivity contribution in [2.24, 2.45) is 5.92 Å². The summed E-state index contributed by atoms with van der Waals surface area (Å²) in [6.45, 7) is 6.52. The first-order valence-electron chi connectivity index (χ1n) is 9.67. The van der Waals surface area contributed by atoms with E-state index in [-0.39, 0.29) is 5.78 Å². The minimum absolute atomic E-state index is 0.126. The molecule has 29 heavy (non-hydrogen) atoms. The topological polar surface area (TPSA) is 57.2 Å². The SMILES string of the molecule is COc1ccc(/C=C2\Oc3c(ccc4c3CN(CC(C)C)CO4)C2=O)cc1OC. The zero-order chi connectivity index (χ0) is 20.5. The molecule has 4 rings (SSSR count). The van der Waals surface area contributed by atoms with Gasteiger partial charge in [-0.25, -0.2) is 0 Å². The van der Waals surface area contributed by atoms with Gasteiger partial charge in [0.15, 0.2) is 17.3 Å². The first-order chi connectivity index (χ1) is 14.0. The van der Waals surface area contributed by atoms with Crippen LogP contribution in [0.5, 0.6) is 23.0 Å². The van der Waals surface area contributed by atoms with E-state index in [1.807, 2.05) is 18.2 Å². The zero-order valence-corrected chi connectivity index (χ0v) is 17.2. The second-order valence-electron chi connectivity index (χ2n) is 7.65. The van der Waals surface area contributed by atoms with Crippen molar-refractivity contribution < 1.29 is 23.7 Å². The highest BCUT2D eigenvalue weighted by Crippen LogP contribution is 2.42. The third-order valence-electron chi connectivity index (χ3n) is 5.01. The van der Waals surface area contributed by atoms with Crippen LogP contribution in [0.3, 0.4) is 0 Å². The van der Waals surface area contributed by atoms with Gasteiger partial charge in [0.25, 0.3) is 0 Å². The van der Waals surface area contributed by atoms with Crippen LogP contribution in [0.1, 0.15) is 35.3 Å². The van der Waals surface area contributed by atoms with Crippen LogP contribution in [-0.4, -0.2) is 38.2 Å². The van der Waals surface area contributed by atoms with Crippen LogP contribution in [-0.2, 0) is 6.54 Å². The van der Waals surface area contributed by atoms with E-state index in [1.54, 1.807) is 32.4 Å². The number of nitrogens with zero attached hydrogens (tertiary/aromatic N) is 1. The Morgan fingerprint density at radius 1 is 1.14 bits per heavy atom. The van der Waals surface area contributed by atoms with E-state index in [0.29, 0.717) is 47.8 Å². The molecule has 2 aromatic rings. The summed E-state index contributed by atoms with van der Waals surface area (Å²) >= 11 is 0. The normalized spacial score (nSPS) is 17.0. The molecule has 0 aromatic heterocycles. The molecule has 0 bridgehead atoms. The molecule has 6 heteroatoms. The minimum Gasteiger partial charge on any atom is -0.493 e. The molecule has 2 aliphatic rings. The summed E-state index contributed by atoms with van der Waals surface area (Å²) in [7, 11) is 3.17. The second kappa shape index (κ2) is 7.79. The Labute approximate surface area is 170 Å². The largest absolute Gasteiger partial charge is 0.493 e. The summed E-state index contributed by atoms with van der Waals surface area (Å²) < 4.78 is 22.5. The molecule has 0 amide bonds. The molecule has 0 spiro atoms. The minimum atomic E-state index is -0.126. The molecule has 6 nitrogen and oxygen atoms in total. The molecule has 2 heterocycles. The molecule has 152 valence electrons. The number of Topliss-reactive ketones (excluding diaryl/α,β-unsaturated/α-hetero) is 1. The molecule has 0 N–H and O–H groups in total. The van der Waals surface area contributed by atoms with Crippen molar-refractivity contribution in [1.82, 2.24) is 4.90 Å². The quantitative estimate of drug-likeness (QED) is 0.710. The molecular weight excluding hydrogens is 370 g/mol. The Hall–Kier alpha value is -2.99. The van der Waals surface area contributed by atoms with Gasteiger partial charge in [0.1, 0.15) is 18.2 Å². The van der Waals surface area contributed by atoms with E-state index in [0.717, 1.165) is 23.4 Å². The summed E-state index contributed by atoms with van der Waals surface area (Å²) in [6, 6.07) is 9.12. The lowest BCUT2D eigenvalue weighted by Gasteiger charge is -2.30. The van der Waals surface area contributed by atoms with Crippen LogP contribution in [0, 0.1) is 5.92 Å². The molecular formula is C23H25NO5. The van der Waals surface area contributed by atoms with Crippen molar-refractivity contribution in [3.8, 4) is 23.0 Å². The Bertz CT molecular complexity index is 979. The van der Waals surface area contributed by atoms with Crippen molar-refractivity contribution in [2.75, 3.05) is 27.5 Å². The Morgan fingerprint density at radius 2 is 1.93 bits per heavy atom. The number of carbonyl (C=O) groups is 1. The molecule has 0 saturated heterocycles. The number of hydrogen-bond donors (Lipinski definition) is 0. The van der Waals surface area contributed by atoms with Gasteiger partial charge in [-0.05, 0) is 41.8 Å². The molecule has 0 fully saturated rings. The average molecular weight is 395 g/mol. The number of fused-ring (bicyclic) bond motifs is 3. The lowest BCUT2D eigenvalue weighted by Crippen LogP contribution is -2.34. The highest BCUT2D eigenvalue weighted by molar-refractivity contribution is 6.15. The third-order valence-corrected chi connectivity index (χ3v) is 5.01. The zero-order valence-electron chi connectivity index (χ0n) is 17.2. The maximum Gasteiger partial charge on any atom is 0.231 e. The van der Waals surface area contributed by atoms with Crippen molar-refractivity contribution in [3.63, 3.8) is 0 Å². The number of hydrogen-bond acceptors (Lipinski definition) is 6. The van der Waals surface area contributed by atoms with Crippen LogP contribution in [0.4, 0.5) is 0 Å². The van der Waals surface area contributed by atoms with Crippen molar-refractivity contribution in [1.29, 1.82) is 0 Å². The first kappa shape index (κ1) is 19.3. The number of ketones is 1. The van der Waals surface area contributed by atoms with Gasteiger partial charge >= 0.3 is 0 Å². The molecule has 0 saturated carbocycles. The number of allylic oxidation sites excluding steroid dienone is 1. The highest BCUT2D eigenvalue weighted by Gasteiger charge is 2.33. The van der Waals surface area contributed by atoms with E-state index >= 15 is 0 Å². The predicted molar refractivity (Wildman–Crippen MR) is 110 cm³/mol.